The summed E-state index contributed by atoms with van der Waals surface area (Å²) in [6.45, 7) is 25.9. The maximum atomic E-state index is 2.67. The molecular weight excluding hydrogens is 852 g/mol. The number of benzene rings is 7. The monoisotopic (exact) mass is 919 g/mol. The van der Waals surface area contributed by atoms with Crippen molar-refractivity contribution in [3.8, 4) is 22.3 Å². The van der Waals surface area contributed by atoms with Crippen molar-refractivity contribution in [3.63, 3.8) is 0 Å². The molecule has 4 heteroatoms. The van der Waals surface area contributed by atoms with Crippen LogP contribution in [0.2, 0.25) is 0 Å². The molecule has 346 valence electrons. The van der Waals surface area contributed by atoms with Gasteiger partial charge in [0.1, 0.15) is 0 Å². The molecule has 4 aliphatic rings. The molecule has 12 rings (SSSR count). The molecular formula is C65H67BN2S. The highest BCUT2D eigenvalue weighted by Gasteiger charge is 2.47. The quantitative estimate of drug-likeness (QED) is 0.162. The largest absolute Gasteiger partial charge is 0.311 e. The van der Waals surface area contributed by atoms with Crippen molar-refractivity contribution in [3.05, 3.63) is 173 Å². The summed E-state index contributed by atoms with van der Waals surface area (Å²) >= 11 is 2.02. The molecule has 3 heterocycles. The third kappa shape index (κ3) is 7.09. The first kappa shape index (κ1) is 44.4. The number of rotatable bonds is 4. The Kier molecular flexibility index (Phi) is 10.0. The van der Waals surface area contributed by atoms with E-state index in [-0.39, 0.29) is 28.4 Å². The minimum Gasteiger partial charge on any atom is -0.311 e. The molecule has 1 saturated carbocycles. The molecule has 0 atom stereocenters. The third-order valence-electron chi connectivity index (χ3n) is 16.5. The average molecular weight is 919 g/mol. The molecule has 0 N–H and O–H groups in total. The molecule has 1 aromatic heterocycles. The Hall–Kier alpha value is -5.84. The first-order valence-electron chi connectivity index (χ1n) is 25.8. The molecule has 2 aliphatic carbocycles. The van der Waals surface area contributed by atoms with Gasteiger partial charge in [0.25, 0.3) is 6.71 Å². The van der Waals surface area contributed by atoms with Crippen molar-refractivity contribution in [2.45, 2.75) is 136 Å². The van der Waals surface area contributed by atoms with E-state index in [9.17, 15) is 0 Å². The molecule has 2 nitrogen and oxygen atoms in total. The minimum atomic E-state index is -0.0905. The Morgan fingerprint density at radius 2 is 1.10 bits per heavy atom. The smallest absolute Gasteiger partial charge is 0.264 e. The lowest BCUT2D eigenvalue weighted by atomic mass is 9.36. The highest BCUT2D eigenvalue weighted by atomic mass is 32.1. The Balaban J connectivity index is 1.18. The van der Waals surface area contributed by atoms with Gasteiger partial charge in [0, 0.05) is 48.7 Å². The zero-order valence-corrected chi connectivity index (χ0v) is 43.6. The average Bonchev–Trinajstić information content (AvgIpc) is 3.81. The summed E-state index contributed by atoms with van der Waals surface area (Å²) in [6.07, 6.45) is 6.65. The molecule has 69 heavy (non-hydrogen) atoms. The Morgan fingerprint density at radius 1 is 0.522 bits per heavy atom. The summed E-state index contributed by atoms with van der Waals surface area (Å²) in [7, 11) is 0. The van der Waals surface area contributed by atoms with Gasteiger partial charge < -0.3 is 9.80 Å². The summed E-state index contributed by atoms with van der Waals surface area (Å²) in [5, 5.41) is 1.34. The van der Waals surface area contributed by atoms with Crippen LogP contribution >= 0.6 is 11.3 Å². The van der Waals surface area contributed by atoms with Gasteiger partial charge in [0.05, 0.1) is 5.69 Å². The van der Waals surface area contributed by atoms with Gasteiger partial charge >= 0.3 is 0 Å². The normalized spacial score (nSPS) is 16.3. The van der Waals surface area contributed by atoms with E-state index in [1.54, 1.807) is 0 Å². The minimum absolute atomic E-state index is 0.0246. The maximum Gasteiger partial charge on any atom is 0.264 e. The lowest BCUT2D eigenvalue weighted by Gasteiger charge is -2.44. The molecule has 0 unspecified atom stereocenters. The van der Waals surface area contributed by atoms with Gasteiger partial charge in [-0.1, -0.05) is 180 Å². The lowest BCUT2D eigenvalue weighted by molar-refractivity contribution is 0.443. The molecule has 2 aliphatic heterocycles. The number of nitrogens with zero attached hydrogens (tertiary/aromatic N) is 2. The van der Waals surface area contributed by atoms with E-state index < -0.39 is 0 Å². The van der Waals surface area contributed by atoms with Gasteiger partial charge in [-0.25, -0.2) is 0 Å². The Labute approximate surface area is 416 Å². The fraction of sp³-hybridized carbons (Fsp3) is 0.323. The van der Waals surface area contributed by atoms with E-state index in [0.29, 0.717) is 5.92 Å². The first-order valence-corrected chi connectivity index (χ1v) is 26.6. The van der Waals surface area contributed by atoms with Crippen LogP contribution in [0.15, 0.2) is 140 Å². The van der Waals surface area contributed by atoms with E-state index in [1.165, 1.54) is 148 Å². The SMILES string of the molecule is CC(C)(C)c1ccc(N2c3ccc(C(C)(C)C)cc3B3c4sc5cc6c(cc5c4N(c4ccc(C(C)(C)C)cc4)c4cc(-c5ccc(C7CCCCC7)cc5)cc2c43)-c2ccccc2C6(C)C)cc1. The Bertz CT molecular complexity index is 3330. The van der Waals surface area contributed by atoms with E-state index in [1.807, 2.05) is 11.3 Å². The van der Waals surface area contributed by atoms with Crippen LogP contribution in [0.4, 0.5) is 34.1 Å². The van der Waals surface area contributed by atoms with Crippen LogP contribution in [0.3, 0.4) is 0 Å². The molecule has 0 saturated heterocycles. The van der Waals surface area contributed by atoms with Crippen LogP contribution in [0.25, 0.3) is 32.3 Å². The molecule has 0 spiro atoms. The van der Waals surface area contributed by atoms with Gasteiger partial charge in [-0.2, -0.15) is 0 Å². The zero-order chi connectivity index (χ0) is 47.9. The van der Waals surface area contributed by atoms with Gasteiger partial charge in [0.15, 0.2) is 0 Å². The zero-order valence-electron chi connectivity index (χ0n) is 42.8. The van der Waals surface area contributed by atoms with E-state index >= 15 is 0 Å². The van der Waals surface area contributed by atoms with Crippen LogP contribution in [0.1, 0.15) is 148 Å². The molecule has 0 amide bonds. The summed E-state index contributed by atoms with van der Waals surface area (Å²) in [4.78, 5) is 5.28. The second-order valence-electron chi connectivity index (χ2n) is 24.5. The molecule has 1 fully saturated rings. The number of fused-ring (bicyclic) bond motifs is 9. The molecule has 0 radical (unpaired) electrons. The number of anilines is 6. The first-order chi connectivity index (χ1) is 32.9. The summed E-state index contributed by atoms with van der Waals surface area (Å²) in [6, 6.07) is 55.5. The number of hydrogen-bond donors (Lipinski definition) is 0. The maximum absolute atomic E-state index is 2.67. The van der Waals surface area contributed by atoms with Gasteiger partial charge in [-0.3, -0.25) is 0 Å². The fourth-order valence-electron chi connectivity index (χ4n) is 12.5. The van der Waals surface area contributed by atoms with Gasteiger partial charge in [0.2, 0.25) is 0 Å². The van der Waals surface area contributed by atoms with E-state index in [2.05, 4.69) is 225 Å². The number of hydrogen-bond acceptors (Lipinski definition) is 3. The molecule has 8 aromatic rings. The van der Waals surface area contributed by atoms with Crippen molar-refractivity contribution >= 4 is 78.0 Å². The highest BCUT2D eigenvalue weighted by Crippen LogP contribution is 2.54. The standard InChI is InChI=1S/C65H67BN2S/c1-62(2,3)44-25-30-47(31-26-44)67-55-34-29-46(64(7,8)9)37-54(55)66-59-56(67)35-43(42-23-21-41(22-24-42)40-17-13-12-14-18-40)36-57(59)68(48-32-27-45(28-33-48)63(4,5)6)60-51-38-50-49-19-15-16-20-52(49)65(10,11)53(50)39-58(51)69-61(60)66/h15-16,19-40H,12-14,17-18H2,1-11H3. The van der Waals surface area contributed by atoms with E-state index in [4.69, 9.17) is 0 Å². The fourth-order valence-corrected chi connectivity index (χ4v) is 13.8. The van der Waals surface area contributed by atoms with Crippen LogP contribution in [-0.2, 0) is 21.7 Å². The molecule has 7 aromatic carbocycles. The summed E-state index contributed by atoms with van der Waals surface area (Å²) < 4.78 is 2.78. The van der Waals surface area contributed by atoms with Crippen LogP contribution < -0.4 is 25.5 Å². The second-order valence-corrected chi connectivity index (χ2v) is 25.6. The lowest BCUT2D eigenvalue weighted by Crippen LogP contribution is -2.60. The van der Waals surface area contributed by atoms with Crippen LogP contribution in [0.5, 0.6) is 0 Å². The Morgan fingerprint density at radius 3 is 1.72 bits per heavy atom. The van der Waals surface area contributed by atoms with E-state index in [0.717, 1.165) is 0 Å². The number of thiophene rings is 1. The predicted molar refractivity (Wildman–Crippen MR) is 301 cm³/mol. The van der Waals surface area contributed by atoms with Crippen molar-refractivity contribution in [2.75, 3.05) is 9.80 Å². The molecule has 0 bridgehead atoms. The second kappa shape index (κ2) is 15.6. The van der Waals surface area contributed by atoms with Crippen molar-refractivity contribution in [1.82, 2.24) is 0 Å². The highest BCUT2D eigenvalue weighted by molar-refractivity contribution is 7.33. The van der Waals surface area contributed by atoms with Crippen LogP contribution in [0, 0.1) is 0 Å². The topological polar surface area (TPSA) is 6.48 Å². The third-order valence-corrected chi connectivity index (χ3v) is 17.7. The predicted octanol–water partition coefficient (Wildman–Crippen LogP) is 16.9. The van der Waals surface area contributed by atoms with Gasteiger partial charge in [-0.05, 0) is 156 Å². The van der Waals surface area contributed by atoms with Gasteiger partial charge in [-0.15, -0.1) is 11.3 Å². The van der Waals surface area contributed by atoms with Crippen molar-refractivity contribution in [1.29, 1.82) is 0 Å². The van der Waals surface area contributed by atoms with Crippen molar-refractivity contribution in [2.24, 2.45) is 0 Å². The summed E-state index contributed by atoms with van der Waals surface area (Å²) in [5.41, 5.74) is 23.9. The van der Waals surface area contributed by atoms with Crippen LogP contribution in [-0.4, -0.2) is 6.71 Å². The van der Waals surface area contributed by atoms with Crippen molar-refractivity contribution < 1.29 is 0 Å². The summed E-state index contributed by atoms with van der Waals surface area (Å²) in [5.74, 6) is 0.662.